The highest BCUT2D eigenvalue weighted by Gasteiger charge is 2.10. The van der Waals surface area contributed by atoms with Crippen molar-refractivity contribution in [2.75, 3.05) is 12.4 Å². The second kappa shape index (κ2) is 6.98. The molecule has 24 heavy (non-hydrogen) atoms. The Morgan fingerprint density at radius 3 is 2.96 bits per heavy atom. The van der Waals surface area contributed by atoms with E-state index in [1.165, 1.54) is 0 Å². The fourth-order valence-electron chi connectivity index (χ4n) is 2.33. The van der Waals surface area contributed by atoms with Crippen molar-refractivity contribution in [2.45, 2.75) is 13.8 Å². The molecule has 124 valence electrons. The first-order valence-corrected chi connectivity index (χ1v) is 8.55. The summed E-state index contributed by atoms with van der Waals surface area (Å²) >= 11 is 6.88. The van der Waals surface area contributed by atoms with E-state index in [2.05, 4.69) is 30.6 Å². The number of ether oxygens (including phenoxy) is 1. The molecule has 6 nitrogen and oxygen atoms in total. The van der Waals surface area contributed by atoms with Gasteiger partial charge in [-0.25, -0.2) is 4.98 Å². The number of methoxy groups -OCH3 is 1. The maximum Gasteiger partial charge on any atom is 0.194 e. The van der Waals surface area contributed by atoms with Crippen molar-refractivity contribution in [3.8, 4) is 5.75 Å². The van der Waals surface area contributed by atoms with Gasteiger partial charge in [0.2, 0.25) is 0 Å². The molecule has 2 aromatic heterocycles. The van der Waals surface area contributed by atoms with Gasteiger partial charge in [0.25, 0.3) is 0 Å². The first kappa shape index (κ1) is 16.4. The van der Waals surface area contributed by atoms with E-state index in [0.29, 0.717) is 10.9 Å². The summed E-state index contributed by atoms with van der Waals surface area (Å²) in [7, 11) is 1.62. The average Bonchev–Trinajstić information content (AvgIpc) is 3.07. The lowest BCUT2D eigenvalue weighted by Gasteiger charge is -2.10. The number of rotatable bonds is 4. The average molecular weight is 359 g/mol. The summed E-state index contributed by atoms with van der Waals surface area (Å²) in [5.41, 5.74) is 6.60. The number of anilines is 1. The number of nitrogens with zero attached hydrogens (tertiary/aromatic N) is 3. The zero-order valence-electron chi connectivity index (χ0n) is 13.5. The molecule has 0 aliphatic rings. The predicted octanol–water partition coefficient (Wildman–Crippen LogP) is 3.34. The molecule has 0 aliphatic carbocycles. The molecule has 2 heterocycles. The fraction of sp³-hybridized carbons (Fsp3) is 0.188. The Morgan fingerprint density at radius 1 is 1.38 bits per heavy atom. The van der Waals surface area contributed by atoms with Gasteiger partial charge < -0.3 is 10.1 Å². The van der Waals surface area contributed by atoms with E-state index >= 15 is 0 Å². The Labute approximate surface area is 149 Å². The molecule has 0 aliphatic heterocycles. The number of hydrogen-bond donors (Lipinski definition) is 2. The topological polar surface area (TPSA) is 63.0 Å². The Bertz CT molecular complexity index is 912. The van der Waals surface area contributed by atoms with Crippen LogP contribution in [-0.4, -0.2) is 27.8 Å². The SMILES string of the molecule is COc1ccccc1NC(=S)N/N=C\c1c(C)nc2scc(C)n12. The van der Waals surface area contributed by atoms with Crippen LogP contribution in [0.15, 0.2) is 34.7 Å². The number of thiocarbonyl (C=S) groups is 1. The highest BCUT2D eigenvalue weighted by atomic mass is 32.1. The summed E-state index contributed by atoms with van der Waals surface area (Å²) in [6, 6.07) is 7.55. The molecule has 2 N–H and O–H groups in total. The molecule has 0 atom stereocenters. The van der Waals surface area contributed by atoms with Gasteiger partial charge in [-0.2, -0.15) is 5.10 Å². The molecule has 0 radical (unpaired) electrons. The number of benzene rings is 1. The van der Waals surface area contributed by atoms with Crippen molar-refractivity contribution in [2.24, 2.45) is 5.10 Å². The Balaban J connectivity index is 1.70. The van der Waals surface area contributed by atoms with Crippen LogP contribution in [0.5, 0.6) is 5.75 Å². The second-order valence-corrected chi connectivity index (χ2v) is 6.35. The lowest BCUT2D eigenvalue weighted by Crippen LogP contribution is -2.24. The lowest BCUT2D eigenvalue weighted by atomic mass is 10.3. The third-order valence-corrected chi connectivity index (χ3v) is 4.60. The van der Waals surface area contributed by atoms with Crippen LogP contribution in [0.4, 0.5) is 5.69 Å². The second-order valence-electron chi connectivity index (χ2n) is 5.10. The maximum absolute atomic E-state index is 5.28. The monoisotopic (exact) mass is 359 g/mol. The van der Waals surface area contributed by atoms with E-state index in [1.807, 2.05) is 38.1 Å². The highest BCUT2D eigenvalue weighted by Crippen LogP contribution is 2.22. The Morgan fingerprint density at radius 2 is 2.17 bits per heavy atom. The van der Waals surface area contributed by atoms with Gasteiger partial charge in [-0.1, -0.05) is 12.1 Å². The molecule has 0 fully saturated rings. The summed E-state index contributed by atoms with van der Waals surface area (Å²) in [6.07, 6.45) is 1.73. The van der Waals surface area contributed by atoms with Crippen molar-refractivity contribution in [3.05, 3.63) is 46.7 Å². The van der Waals surface area contributed by atoms with Crippen molar-refractivity contribution in [1.29, 1.82) is 0 Å². The standard InChI is InChI=1S/C16H17N5OS2/c1-10-9-24-16-18-11(2)13(21(10)16)8-17-20-15(23)19-12-6-4-5-7-14(12)22-3/h4-9H,1-3H3,(H2,19,20,23)/b17-8-. The summed E-state index contributed by atoms with van der Waals surface area (Å²) < 4.78 is 7.35. The molecular weight excluding hydrogens is 342 g/mol. The van der Waals surface area contributed by atoms with Crippen molar-refractivity contribution < 1.29 is 4.74 Å². The smallest absolute Gasteiger partial charge is 0.194 e. The number of nitrogens with one attached hydrogen (secondary N) is 2. The Hall–Kier alpha value is -2.45. The lowest BCUT2D eigenvalue weighted by molar-refractivity contribution is 0.417. The molecule has 0 saturated carbocycles. The largest absolute Gasteiger partial charge is 0.495 e. The van der Waals surface area contributed by atoms with E-state index in [4.69, 9.17) is 17.0 Å². The molecule has 3 rings (SSSR count). The Kier molecular flexibility index (Phi) is 4.77. The van der Waals surface area contributed by atoms with Crippen LogP contribution in [0.1, 0.15) is 17.1 Å². The van der Waals surface area contributed by atoms with Gasteiger partial charge in [0, 0.05) is 11.1 Å². The molecule has 0 spiro atoms. The van der Waals surface area contributed by atoms with Crippen molar-refractivity contribution >= 4 is 45.5 Å². The normalized spacial score (nSPS) is 11.1. The fourth-order valence-corrected chi connectivity index (χ4v) is 3.41. The van der Waals surface area contributed by atoms with Crippen LogP contribution in [0.3, 0.4) is 0 Å². The molecule has 3 aromatic rings. The van der Waals surface area contributed by atoms with Gasteiger partial charge in [0.05, 0.1) is 30.4 Å². The van der Waals surface area contributed by atoms with Crippen LogP contribution < -0.4 is 15.5 Å². The summed E-state index contributed by atoms with van der Waals surface area (Å²) in [4.78, 5) is 5.48. The number of aromatic nitrogens is 2. The van der Waals surface area contributed by atoms with Gasteiger partial charge in [-0.15, -0.1) is 11.3 Å². The van der Waals surface area contributed by atoms with E-state index in [-0.39, 0.29) is 0 Å². The van der Waals surface area contributed by atoms with Crippen LogP contribution in [0, 0.1) is 13.8 Å². The van der Waals surface area contributed by atoms with Gasteiger partial charge in [0.15, 0.2) is 10.1 Å². The molecule has 0 saturated heterocycles. The van der Waals surface area contributed by atoms with Gasteiger partial charge in [0.1, 0.15) is 5.75 Å². The van der Waals surface area contributed by atoms with Crippen molar-refractivity contribution in [1.82, 2.24) is 14.8 Å². The van der Waals surface area contributed by atoms with Crippen LogP contribution >= 0.6 is 23.6 Å². The number of fused-ring (bicyclic) bond motifs is 1. The number of para-hydroxylation sites is 2. The van der Waals surface area contributed by atoms with Crippen LogP contribution in [0.25, 0.3) is 4.96 Å². The number of thiazole rings is 1. The van der Waals surface area contributed by atoms with Crippen molar-refractivity contribution in [3.63, 3.8) is 0 Å². The number of hydrogen-bond acceptors (Lipinski definition) is 5. The maximum atomic E-state index is 5.28. The third kappa shape index (κ3) is 3.24. The van der Waals surface area contributed by atoms with Gasteiger partial charge in [-0.3, -0.25) is 9.83 Å². The quantitative estimate of drug-likeness (QED) is 0.425. The molecule has 0 amide bonds. The van der Waals surface area contributed by atoms with Gasteiger partial charge in [-0.05, 0) is 38.2 Å². The zero-order valence-corrected chi connectivity index (χ0v) is 15.2. The van der Waals surface area contributed by atoms with Crippen LogP contribution in [-0.2, 0) is 0 Å². The summed E-state index contributed by atoms with van der Waals surface area (Å²) in [5, 5.41) is 9.74. The van der Waals surface area contributed by atoms with E-state index in [0.717, 1.165) is 27.7 Å². The minimum absolute atomic E-state index is 0.385. The highest BCUT2D eigenvalue weighted by molar-refractivity contribution is 7.80. The first-order chi connectivity index (χ1) is 11.6. The molecule has 0 bridgehead atoms. The summed E-state index contributed by atoms with van der Waals surface area (Å²) in [6.45, 7) is 4.01. The predicted molar refractivity (Wildman–Crippen MR) is 102 cm³/mol. The minimum atomic E-state index is 0.385. The van der Waals surface area contributed by atoms with Crippen LogP contribution in [0.2, 0.25) is 0 Å². The number of hydrazone groups is 1. The van der Waals surface area contributed by atoms with Gasteiger partial charge >= 0.3 is 0 Å². The first-order valence-electron chi connectivity index (χ1n) is 7.26. The van der Waals surface area contributed by atoms with E-state index in [9.17, 15) is 0 Å². The molecule has 8 heteroatoms. The van der Waals surface area contributed by atoms with E-state index < -0.39 is 0 Å². The third-order valence-electron chi connectivity index (χ3n) is 3.46. The molecular formula is C16H17N5OS2. The number of aryl methyl sites for hydroxylation is 2. The summed E-state index contributed by atoms with van der Waals surface area (Å²) in [5.74, 6) is 0.716. The number of imidazole rings is 1. The molecule has 0 unspecified atom stereocenters. The van der Waals surface area contributed by atoms with E-state index in [1.54, 1.807) is 24.7 Å². The molecule has 1 aromatic carbocycles. The minimum Gasteiger partial charge on any atom is -0.495 e. The zero-order chi connectivity index (χ0) is 17.1.